The zero-order chi connectivity index (χ0) is 16.4. The Labute approximate surface area is 157 Å². The van der Waals surface area contributed by atoms with Gasteiger partial charge in [-0.1, -0.05) is 12.8 Å². The maximum absolute atomic E-state index is 11.4. The molecule has 0 radical (unpaired) electrons. The van der Waals surface area contributed by atoms with Crippen LogP contribution in [-0.4, -0.2) is 57.8 Å². The Morgan fingerprint density at radius 1 is 1.26 bits per heavy atom. The Bertz CT molecular complexity index is 528. The Kier molecular flexibility index (Phi) is 7.16. The van der Waals surface area contributed by atoms with Crippen LogP contribution in [0.15, 0.2) is 4.99 Å². The average molecular weight is 458 g/mol. The average Bonchev–Trinajstić information content (AvgIpc) is 2.98. The molecule has 6 nitrogen and oxygen atoms in total. The van der Waals surface area contributed by atoms with Crippen LogP contribution in [0.1, 0.15) is 46.0 Å². The van der Waals surface area contributed by atoms with E-state index in [4.69, 9.17) is 0 Å². The molecule has 2 fully saturated rings. The van der Waals surface area contributed by atoms with Crippen molar-refractivity contribution >= 4 is 40.0 Å². The third-order valence-electron chi connectivity index (χ3n) is 4.76. The fraction of sp³-hybridized carbons (Fsp3) is 0.933. The Balaban J connectivity index is 0.00000264. The molecule has 2 aliphatic rings. The Morgan fingerprint density at radius 3 is 2.39 bits per heavy atom. The van der Waals surface area contributed by atoms with Crippen LogP contribution in [0.25, 0.3) is 0 Å². The second-order valence-corrected chi connectivity index (χ2v) is 9.29. The van der Waals surface area contributed by atoms with Gasteiger partial charge in [0.1, 0.15) is 0 Å². The molecule has 8 heteroatoms. The molecule has 0 unspecified atom stereocenters. The molecule has 1 saturated heterocycles. The van der Waals surface area contributed by atoms with Gasteiger partial charge >= 0.3 is 0 Å². The minimum Gasteiger partial charge on any atom is -0.354 e. The number of hydrogen-bond donors (Lipinski definition) is 2. The summed E-state index contributed by atoms with van der Waals surface area (Å²) in [4.78, 5) is 6.70. The molecule has 0 bridgehead atoms. The number of rotatable bonds is 4. The van der Waals surface area contributed by atoms with Crippen molar-refractivity contribution < 1.29 is 8.42 Å². The third-order valence-corrected chi connectivity index (χ3v) is 5.69. The number of halogens is 1. The molecule has 0 atom stereocenters. The van der Waals surface area contributed by atoms with Gasteiger partial charge in [-0.25, -0.2) is 13.1 Å². The summed E-state index contributed by atoms with van der Waals surface area (Å²) in [6, 6.07) is 0. The van der Waals surface area contributed by atoms with E-state index in [0.717, 1.165) is 19.0 Å². The highest BCUT2D eigenvalue weighted by Gasteiger charge is 2.41. The summed E-state index contributed by atoms with van der Waals surface area (Å²) in [5.74, 6) is 0.882. The van der Waals surface area contributed by atoms with Gasteiger partial charge in [-0.15, -0.1) is 24.0 Å². The number of likely N-dealkylation sites (tertiary alicyclic amines) is 1. The van der Waals surface area contributed by atoms with Gasteiger partial charge in [-0.3, -0.25) is 4.99 Å². The molecular weight excluding hydrogens is 427 g/mol. The minimum absolute atomic E-state index is 0. The van der Waals surface area contributed by atoms with Gasteiger partial charge in [0.2, 0.25) is 10.0 Å². The van der Waals surface area contributed by atoms with Crippen LogP contribution >= 0.6 is 24.0 Å². The monoisotopic (exact) mass is 458 g/mol. The van der Waals surface area contributed by atoms with Crippen LogP contribution in [0.3, 0.4) is 0 Å². The zero-order valence-corrected chi connectivity index (χ0v) is 17.8. The van der Waals surface area contributed by atoms with Gasteiger partial charge in [0.15, 0.2) is 5.96 Å². The van der Waals surface area contributed by atoms with Crippen LogP contribution in [0.2, 0.25) is 0 Å². The fourth-order valence-electron chi connectivity index (χ4n) is 3.82. The molecule has 136 valence electrons. The van der Waals surface area contributed by atoms with E-state index in [2.05, 4.69) is 19.9 Å². The molecule has 0 aromatic heterocycles. The molecule has 1 heterocycles. The summed E-state index contributed by atoms with van der Waals surface area (Å²) < 4.78 is 25.5. The molecule has 2 rings (SSSR count). The van der Waals surface area contributed by atoms with Crippen molar-refractivity contribution in [1.29, 1.82) is 0 Å². The Morgan fingerprint density at radius 2 is 1.87 bits per heavy atom. The molecule has 1 aliphatic heterocycles. The smallest absolute Gasteiger partial charge is 0.209 e. The maximum Gasteiger partial charge on any atom is 0.209 e. The largest absolute Gasteiger partial charge is 0.354 e. The molecule has 23 heavy (non-hydrogen) atoms. The number of guanidine groups is 1. The predicted octanol–water partition coefficient (Wildman–Crippen LogP) is 1.77. The number of nitrogens with zero attached hydrogens (tertiary/aromatic N) is 2. The van der Waals surface area contributed by atoms with Crippen molar-refractivity contribution in [1.82, 2.24) is 14.9 Å². The van der Waals surface area contributed by atoms with Gasteiger partial charge in [0.05, 0.1) is 6.26 Å². The first kappa shape index (κ1) is 21.0. The summed E-state index contributed by atoms with van der Waals surface area (Å²) in [7, 11) is -1.43. The molecule has 1 spiro atoms. The highest BCUT2D eigenvalue weighted by Crippen LogP contribution is 2.45. The van der Waals surface area contributed by atoms with Gasteiger partial charge in [-0.2, -0.15) is 0 Å². The first-order valence-corrected chi connectivity index (χ1v) is 9.99. The van der Waals surface area contributed by atoms with Crippen molar-refractivity contribution in [2.45, 2.75) is 51.5 Å². The number of hydrogen-bond acceptors (Lipinski definition) is 3. The van der Waals surface area contributed by atoms with E-state index in [1.165, 1.54) is 38.4 Å². The molecule has 0 amide bonds. The van der Waals surface area contributed by atoms with Crippen LogP contribution in [-0.2, 0) is 10.0 Å². The van der Waals surface area contributed by atoms with Gasteiger partial charge < -0.3 is 10.2 Å². The van der Waals surface area contributed by atoms with Gasteiger partial charge in [0.25, 0.3) is 0 Å². The lowest BCUT2D eigenvalue weighted by Crippen LogP contribution is -2.53. The van der Waals surface area contributed by atoms with Crippen LogP contribution in [0, 0.1) is 5.41 Å². The highest BCUT2D eigenvalue weighted by atomic mass is 127. The van der Waals surface area contributed by atoms with E-state index in [1.807, 2.05) is 13.8 Å². The number of aliphatic imine (C=N–C) groups is 1. The normalized spacial score (nSPS) is 21.6. The second-order valence-electron chi connectivity index (χ2n) is 7.54. The van der Waals surface area contributed by atoms with E-state index in [0.29, 0.717) is 12.0 Å². The van der Waals surface area contributed by atoms with E-state index >= 15 is 0 Å². The van der Waals surface area contributed by atoms with E-state index < -0.39 is 15.6 Å². The first-order chi connectivity index (χ1) is 10.1. The van der Waals surface area contributed by atoms with Crippen LogP contribution < -0.4 is 10.0 Å². The van der Waals surface area contributed by atoms with E-state index in [9.17, 15) is 8.42 Å². The van der Waals surface area contributed by atoms with E-state index in [1.54, 1.807) is 7.05 Å². The fourth-order valence-corrected chi connectivity index (χ4v) is 4.90. The quantitative estimate of drug-likeness (QED) is 0.383. The summed E-state index contributed by atoms with van der Waals surface area (Å²) in [6.45, 7) is 6.37. The molecule has 1 saturated carbocycles. The van der Waals surface area contributed by atoms with Crippen molar-refractivity contribution in [3.05, 3.63) is 0 Å². The van der Waals surface area contributed by atoms with Crippen molar-refractivity contribution in [2.75, 3.05) is 32.9 Å². The SMILES string of the molecule is CN=C(NCC(C)(C)NS(C)(=O)=O)N1CCC2(CCCC2)C1.I. The predicted molar refractivity (Wildman–Crippen MR) is 106 cm³/mol. The van der Waals surface area contributed by atoms with Crippen LogP contribution in [0.4, 0.5) is 0 Å². The van der Waals surface area contributed by atoms with Crippen LogP contribution in [0.5, 0.6) is 0 Å². The maximum atomic E-state index is 11.4. The van der Waals surface area contributed by atoms with Crippen molar-refractivity contribution in [2.24, 2.45) is 10.4 Å². The topological polar surface area (TPSA) is 73.8 Å². The summed E-state index contributed by atoms with van der Waals surface area (Å²) in [6.07, 6.45) is 7.81. The highest BCUT2D eigenvalue weighted by molar-refractivity contribution is 14.0. The lowest BCUT2D eigenvalue weighted by Gasteiger charge is -2.30. The number of nitrogens with one attached hydrogen (secondary N) is 2. The van der Waals surface area contributed by atoms with E-state index in [-0.39, 0.29) is 24.0 Å². The second kappa shape index (κ2) is 7.86. The lowest BCUT2D eigenvalue weighted by atomic mass is 9.86. The van der Waals surface area contributed by atoms with Gasteiger partial charge in [-0.05, 0) is 38.5 Å². The van der Waals surface area contributed by atoms with Crippen molar-refractivity contribution in [3.63, 3.8) is 0 Å². The number of sulfonamides is 1. The standard InChI is InChI=1S/C15H30N4O2S.HI/c1-14(2,18-22(4,20)21)11-17-13(16-3)19-10-9-15(12-19)7-5-6-8-15;/h18H,5-12H2,1-4H3,(H,16,17);1H. The molecule has 2 N–H and O–H groups in total. The Hall–Kier alpha value is -0.0900. The minimum atomic E-state index is -3.22. The molecular formula is C15H31IN4O2S. The zero-order valence-electron chi connectivity index (χ0n) is 14.7. The molecule has 0 aromatic carbocycles. The molecule has 0 aromatic rings. The van der Waals surface area contributed by atoms with Crippen molar-refractivity contribution in [3.8, 4) is 0 Å². The summed E-state index contributed by atoms with van der Waals surface area (Å²) in [5.41, 5.74) is -0.0492. The summed E-state index contributed by atoms with van der Waals surface area (Å²) >= 11 is 0. The first-order valence-electron chi connectivity index (χ1n) is 8.09. The molecule has 1 aliphatic carbocycles. The van der Waals surface area contributed by atoms with Gasteiger partial charge in [0, 0.05) is 32.2 Å². The third kappa shape index (κ3) is 6.04. The summed E-state index contributed by atoms with van der Waals surface area (Å²) in [5, 5.41) is 3.33. The lowest BCUT2D eigenvalue weighted by molar-refractivity contribution is 0.308.